The molecule has 0 aliphatic carbocycles. The average molecular weight is 178 g/mol. The second-order valence-corrected chi connectivity index (χ2v) is 3.61. The summed E-state index contributed by atoms with van der Waals surface area (Å²) < 4.78 is 0. The van der Waals surface area contributed by atoms with Crippen LogP contribution >= 0.6 is 0 Å². The van der Waals surface area contributed by atoms with Gasteiger partial charge in [0, 0.05) is 38.1 Å². The Kier molecular flexibility index (Phi) is 2.24. The molecule has 4 heteroatoms. The first-order chi connectivity index (χ1) is 6.24. The van der Waals surface area contributed by atoms with E-state index in [1.54, 1.807) is 6.20 Å². The second-order valence-electron chi connectivity index (χ2n) is 3.61. The van der Waals surface area contributed by atoms with Crippen LogP contribution in [0.15, 0.2) is 12.4 Å². The van der Waals surface area contributed by atoms with E-state index >= 15 is 0 Å². The zero-order chi connectivity index (χ0) is 9.26. The minimum atomic E-state index is 0.359. The summed E-state index contributed by atoms with van der Waals surface area (Å²) in [5, 5.41) is 0. The van der Waals surface area contributed by atoms with Gasteiger partial charge in [-0.05, 0) is 6.92 Å². The molecule has 0 atom stereocenters. The van der Waals surface area contributed by atoms with Crippen LogP contribution in [-0.4, -0.2) is 34.0 Å². The molecule has 1 aliphatic heterocycles. The molecule has 2 rings (SSSR count). The largest absolute Gasteiger partial charge is 0.325 e. The molecule has 0 amide bonds. The van der Waals surface area contributed by atoms with E-state index in [2.05, 4.69) is 14.9 Å². The number of nitrogens with zero attached hydrogens (tertiary/aromatic N) is 3. The van der Waals surface area contributed by atoms with Crippen molar-refractivity contribution in [3.05, 3.63) is 23.8 Å². The van der Waals surface area contributed by atoms with E-state index in [1.165, 1.54) is 0 Å². The highest BCUT2D eigenvalue weighted by molar-refractivity contribution is 5.02. The summed E-state index contributed by atoms with van der Waals surface area (Å²) in [6, 6.07) is 0.359. The van der Waals surface area contributed by atoms with Gasteiger partial charge in [0.15, 0.2) is 0 Å². The lowest BCUT2D eigenvalue weighted by atomic mass is 10.1. The zero-order valence-corrected chi connectivity index (χ0v) is 7.77. The van der Waals surface area contributed by atoms with Crippen molar-refractivity contribution in [3.8, 4) is 0 Å². The van der Waals surface area contributed by atoms with Crippen LogP contribution in [0, 0.1) is 6.92 Å². The Labute approximate surface area is 77.8 Å². The summed E-state index contributed by atoms with van der Waals surface area (Å²) in [5.41, 5.74) is 7.68. The summed E-state index contributed by atoms with van der Waals surface area (Å²) in [4.78, 5) is 10.7. The molecule has 0 unspecified atom stereocenters. The van der Waals surface area contributed by atoms with Gasteiger partial charge in [0.05, 0.1) is 11.4 Å². The van der Waals surface area contributed by atoms with Crippen molar-refractivity contribution in [3.63, 3.8) is 0 Å². The van der Waals surface area contributed by atoms with Crippen LogP contribution in [0.4, 0.5) is 0 Å². The minimum absolute atomic E-state index is 0.359. The molecule has 0 radical (unpaired) electrons. The SMILES string of the molecule is Cc1cncc(CN2CC(N)C2)n1. The number of aromatic nitrogens is 2. The van der Waals surface area contributed by atoms with Crippen LogP contribution in [0.5, 0.6) is 0 Å². The molecule has 2 heterocycles. The number of aryl methyl sites for hydroxylation is 1. The third-order valence-corrected chi connectivity index (χ3v) is 2.18. The fourth-order valence-corrected chi connectivity index (χ4v) is 1.56. The van der Waals surface area contributed by atoms with Gasteiger partial charge in [-0.2, -0.15) is 0 Å². The molecule has 1 saturated heterocycles. The van der Waals surface area contributed by atoms with E-state index in [0.29, 0.717) is 6.04 Å². The van der Waals surface area contributed by atoms with E-state index in [9.17, 15) is 0 Å². The fraction of sp³-hybridized carbons (Fsp3) is 0.556. The Bertz CT molecular complexity index is 293. The number of rotatable bonds is 2. The monoisotopic (exact) mass is 178 g/mol. The normalized spacial score (nSPS) is 18.6. The number of hydrogen-bond donors (Lipinski definition) is 1. The Hall–Kier alpha value is -1.00. The topological polar surface area (TPSA) is 55.0 Å². The predicted molar refractivity (Wildman–Crippen MR) is 50.0 cm³/mol. The smallest absolute Gasteiger partial charge is 0.0730 e. The zero-order valence-electron chi connectivity index (χ0n) is 7.77. The number of hydrogen-bond acceptors (Lipinski definition) is 4. The first-order valence-corrected chi connectivity index (χ1v) is 4.49. The lowest BCUT2D eigenvalue weighted by Crippen LogP contribution is -2.54. The molecule has 1 aliphatic rings. The Morgan fingerprint density at radius 3 is 2.92 bits per heavy atom. The van der Waals surface area contributed by atoms with Crippen molar-refractivity contribution >= 4 is 0 Å². The van der Waals surface area contributed by atoms with E-state index in [-0.39, 0.29) is 0 Å². The van der Waals surface area contributed by atoms with Crippen molar-refractivity contribution in [1.29, 1.82) is 0 Å². The van der Waals surface area contributed by atoms with Crippen molar-refractivity contribution < 1.29 is 0 Å². The molecule has 0 aromatic carbocycles. The molecule has 2 N–H and O–H groups in total. The summed E-state index contributed by atoms with van der Waals surface area (Å²) >= 11 is 0. The lowest BCUT2D eigenvalue weighted by molar-refractivity contribution is 0.140. The van der Waals surface area contributed by atoms with Gasteiger partial charge in [0.25, 0.3) is 0 Å². The highest BCUT2D eigenvalue weighted by Crippen LogP contribution is 2.09. The summed E-state index contributed by atoms with van der Waals surface area (Å²) in [5.74, 6) is 0. The molecule has 0 spiro atoms. The first-order valence-electron chi connectivity index (χ1n) is 4.49. The highest BCUT2D eigenvalue weighted by Gasteiger charge is 2.22. The van der Waals surface area contributed by atoms with Gasteiger partial charge >= 0.3 is 0 Å². The Morgan fingerprint density at radius 2 is 2.31 bits per heavy atom. The van der Waals surface area contributed by atoms with Crippen LogP contribution in [-0.2, 0) is 6.54 Å². The average Bonchev–Trinajstić information content (AvgIpc) is 2.01. The molecular formula is C9H14N4. The quantitative estimate of drug-likeness (QED) is 0.688. The number of nitrogens with two attached hydrogens (primary N) is 1. The molecule has 13 heavy (non-hydrogen) atoms. The van der Waals surface area contributed by atoms with E-state index < -0.39 is 0 Å². The third kappa shape index (κ3) is 2.02. The fourth-order valence-electron chi connectivity index (χ4n) is 1.56. The van der Waals surface area contributed by atoms with Gasteiger partial charge in [0.2, 0.25) is 0 Å². The summed E-state index contributed by atoms with van der Waals surface area (Å²) in [6.45, 7) is 4.80. The van der Waals surface area contributed by atoms with Crippen LogP contribution in [0.3, 0.4) is 0 Å². The van der Waals surface area contributed by atoms with Crippen LogP contribution < -0.4 is 5.73 Å². The molecule has 4 nitrogen and oxygen atoms in total. The third-order valence-electron chi connectivity index (χ3n) is 2.18. The minimum Gasteiger partial charge on any atom is -0.325 e. The maximum absolute atomic E-state index is 5.67. The Morgan fingerprint density at radius 1 is 1.54 bits per heavy atom. The summed E-state index contributed by atoms with van der Waals surface area (Å²) in [6.07, 6.45) is 3.59. The molecule has 1 fully saturated rings. The van der Waals surface area contributed by atoms with E-state index in [0.717, 1.165) is 31.0 Å². The van der Waals surface area contributed by atoms with Gasteiger partial charge in [-0.1, -0.05) is 0 Å². The van der Waals surface area contributed by atoms with Crippen molar-refractivity contribution in [1.82, 2.24) is 14.9 Å². The van der Waals surface area contributed by atoms with Gasteiger partial charge in [0.1, 0.15) is 0 Å². The van der Waals surface area contributed by atoms with Crippen LogP contribution in [0.2, 0.25) is 0 Å². The van der Waals surface area contributed by atoms with Crippen LogP contribution in [0.1, 0.15) is 11.4 Å². The van der Waals surface area contributed by atoms with Crippen molar-refractivity contribution in [2.24, 2.45) is 5.73 Å². The Balaban J connectivity index is 1.94. The van der Waals surface area contributed by atoms with Crippen LogP contribution in [0.25, 0.3) is 0 Å². The van der Waals surface area contributed by atoms with Gasteiger partial charge in [-0.3, -0.25) is 14.9 Å². The first kappa shape index (κ1) is 8.59. The second kappa shape index (κ2) is 3.40. The van der Waals surface area contributed by atoms with Gasteiger partial charge in [-0.25, -0.2) is 0 Å². The van der Waals surface area contributed by atoms with E-state index in [1.807, 2.05) is 13.1 Å². The number of likely N-dealkylation sites (tertiary alicyclic amines) is 1. The summed E-state index contributed by atoms with van der Waals surface area (Å²) in [7, 11) is 0. The molecule has 1 aromatic rings. The molecular weight excluding hydrogens is 164 g/mol. The van der Waals surface area contributed by atoms with Gasteiger partial charge < -0.3 is 5.73 Å². The lowest BCUT2D eigenvalue weighted by Gasteiger charge is -2.36. The maximum Gasteiger partial charge on any atom is 0.0730 e. The molecule has 0 bridgehead atoms. The standard InChI is InChI=1S/C9H14N4/c1-7-2-11-3-9(12-7)6-13-4-8(10)5-13/h2-3,8H,4-6,10H2,1H3. The molecule has 70 valence electrons. The van der Waals surface area contributed by atoms with E-state index in [4.69, 9.17) is 5.73 Å². The molecule has 1 aromatic heterocycles. The van der Waals surface area contributed by atoms with Crippen molar-refractivity contribution in [2.75, 3.05) is 13.1 Å². The maximum atomic E-state index is 5.67. The van der Waals surface area contributed by atoms with Crippen molar-refractivity contribution in [2.45, 2.75) is 19.5 Å². The van der Waals surface area contributed by atoms with Gasteiger partial charge in [-0.15, -0.1) is 0 Å². The predicted octanol–water partition coefficient (Wildman–Crippen LogP) is -0.0721. The molecule has 0 saturated carbocycles. The highest BCUT2D eigenvalue weighted by atomic mass is 15.2.